The van der Waals surface area contributed by atoms with Crippen molar-refractivity contribution in [3.63, 3.8) is 0 Å². The molecule has 0 amide bonds. The first-order valence-corrected chi connectivity index (χ1v) is 4.23. The molecule has 0 aromatic carbocycles. The molecule has 1 rings (SSSR count). The van der Waals surface area contributed by atoms with E-state index in [9.17, 15) is 0 Å². The molecular weight excluding hydrogens is 140 g/mol. The first-order valence-electron chi connectivity index (χ1n) is 4.23. The van der Waals surface area contributed by atoms with Gasteiger partial charge in [0.15, 0.2) is 0 Å². The van der Waals surface area contributed by atoms with Crippen LogP contribution in [0.2, 0.25) is 0 Å². The molecule has 1 aliphatic carbocycles. The SMILES string of the molecule is COCCNCC1(CN)CC1. The van der Waals surface area contributed by atoms with Crippen LogP contribution < -0.4 is 11.1 Å². The molecule has 0 saturated heterocycles. The van der Waals surface area contributed by atoms with Gasteiger partial charge in [0.1, 0.15) is 0 Å². The summed E-state index contributed by atoms with van der Waals surface area (Å²) in [4.78, 5) is 0. The molecule has 0 aliphatic heterocycles. The molecule has 1 saturated carbocycles. The van der Waals surface area contributed by atoms with E-state index in [2.05, 4.69) is 5.32 Å². The monoisotopic (exact) mass is 158 g/mol. The van der Waals surface area contributed by atoms with E-state index < -0.39 is 0 Å². The highest BCUT2D eigenvalue weighted by atomic mass is 16.5. The van der Waals surface area contributed by atoms with Gasteiger partial charge >= 0.3 is 0 Å². The number of hydrogen-bond donors (Lipinski definition) is 2. The van der Waals surface area contributed by atoms with Gasteiger partial charge in [-0.2, -0.15) is 0 Å². The van der Waals surface area contributed by atoms with E-state index in [1.807, 2.05) is 0 Å². The standard InChI is InChI=1S/C8H18N2O/c1-11-5-4-10-7-8(6-9)2-3-8/h10H,2-7,9H2,1H3. The average molecular weight is 158 g/mol. The highest BCUT2D eigenvalue weighted by Crippen LogP contribution is 2.43. The molecule has 11 heavy (non-hydrogen) atoms. The normalized spacial score (nSPS) is 20.2. The van der Waals surface area contributed by atoms with Crippen molar-refractivity contribution in [1.29, 1.82) is 0 Å². The average Bonchev–Trinajstić information content (AvgIpc) is 2.80. The number of ether oxygens (including phenoxy) is 1. The van der Waals surface area contributed by atoms with E-state index in [0.29, 0.717) is 5.41 Å². The minimum Gasteiger partial charge on any atom is -0.383 e. The lowest BCUT2D eigenvalue weighted by Crippen LogP contribution is -2.31. The van der Waals surface area contributed by atoms with E-state index in [1.54, 1.807) is 7.11 Å². The van der Waals surface area contributed by atoms with Gasteiger partial charge in [0, 0.05) is 20.2 Å². The van der Waals surface area contributed by atoms with Crippen molar-refractivity contribution in [1.82, 2.24) is 5.32 Å². The molecule has 1 aliphatic rings. The number of methoxy groups -OCH3 is 1. The third kappa shape index (κ3) is 2.77. The zero-order valence-corrected chi connectivity index (χ0v) is 7.23. The van der Waals surface area contributed by atoms with Crippen LogP contribution >= 0.6 is 0 Å². The van der Waals surface area contributed by atoms with E-state index in [-0.39, 0.29) is 0 Å². The maximum atomic E-state index is 5.61. The second-order valence-electron chi connectivity index (χ2n) is 3.37. The lowest BCUT2D eigenvalue weighted by atomic mass is 10.1. The zero-order chi connectivity index (χ0) is 8.16. The molecule has 1 fully saturated rings. The molecule has 3 nitrogen and oxygen atoms in total. The molecule has 0 aromatic rings. The van der Waals surface area contributed by atoms with Crippen molar-refractivity contribution in [3.05, 3.63) is 0 Å². The molecule has 0 atom stereocenters. The first-order chi connectivity index (χ1) is 5.33. The summed E-state index contributed by atoms with van der Waals surface area (Å²) < 4.78 is 4.92. The summed E-state index contributed by atoms with van der Waals surface area (Å²) >= 11 is 0. The van der Waals surface area contributed by atoms with Gasteiger partial charge < -0.3 is 15.8 Å². The largest absolute Gasteiger partial charge is 0.383 e. The number of nitrogens with one attached hydrogen (secondary N) is 1. The molecule has 0 heterocycles. The van der Waals surface area contributed by atoms with Crippen LogP contribution in [0.3, 0.4) is 0 Å². The Morgan fingerprint density at radius 1 is 1.55 bits per heavy atom. The van der Waals surface area contributed by atoms with Crippen molar-refractivity contribution in [3.8, 4) is 0 Å². The van der Waals surface area contributed by atoms with Crippen molar-refractivity contribution in [2.75, 3.05) is 33.4 Å². The van der Waals surface area contributed by atoms with E-state index >= 15 is 0 Å². The molecule has 3 heteroatoms. The Kier molecular flexibility index (Phi) is 3.30. The lowest BCUT2D eigenvalue weighted by molar-refractivity contribution is 0.197. The van der Waals surface area contributed by atoms with Gasteiger partial charge in [-0.05, 0) is 24.8 Å². The minimum atomic E-state index is 0.452. The highest BCUT2D eigenvalue weighted by molar-refractivity contribution is 4.95. The number of nitrogens with two attached hydrogens (primary N) is 1. The van der Waals surface area contributed by atoms with Crippen molar-refractivity contribution >= 4 is 0 Å². The Balaban J connectivity index is 1.94. The third-order valence-corrected chi connectivity index (χ3v) is 2.37. The molecule has 0 unspecified atom stereocenters. The third-order valence-electron chi connectivity index (χ3n) is 2.37. The summed E-state index contributed by atoms with van der Waals surface area (Å²) in [6.45, 7) is 3.62. The highest BCUT2D eigenvalue weighted by Gasteiger charge is 2.40. The van der Waals surface area contributed by atoms with E-state index in [0.717, 1.165) is 26.2 Å². The molecule has 0 aromatic heterocycles. The Morgan fingerprint density at radius 2 is 2.27 bits per heavy atom. The molecule has 0 bridgehead atoms. The Morgan fingerprint density at radius 3 is 2.73 bits per heavy atom. The van der Waals surface area contributed by atoms with Gasteiger partial charge in [0.05, 0.1) is 6.61 Å². The van der Waals surface area contributed by atoms with Gasteiger partial charge in [-0.15, -0.1) is 0 Å². The lowest BCUT2D eigenvalue weighted by Gasteiger charge is -2.12. The second kappa shape index (κ2) is 4.04. The first kappa shape index (κ1) is 8.97. The van der Waals surface area contributed by atoms with Crippen LogP contribution in [0.5, 0.6) is 0 Å². The zero-order valence-electron chi connectivity index (χ0n) is 7.23. The number of hydrogen-bond acceptors (Lipinski definition) is 3. The second-order valence-corrected chi connectivity index (χ2v) is 3.37. The van der Waals surface area contributed by atoms with Gasteiger partial charge in [-0.3, -0.25) is 0 Å². The van der Waals surface area contributed by atoms with Crippen molar-refractivity contribution < 1.29 is 4.74 Å². The quantitative estimate of drug-likeness (QED) is 0.533. The maximum absolute atomic E-state index is 5.61. The summed E-state index contributed by atoms with van der Waals surface area (Å²) in [6.07, 6.45) is 2.59. The van der Waals surface area contributed by atoms with Crippen LogP contribution in [0, 0.1) is 5.41 Å². The van der Waals surface area contributed by atoms with E-state index in [4.69, 9.17) is 10.5 Å². The van der Waals surface area contributed by atoms with Gasteiger partial charge in [-0.25, -0.2) is 0 Å². The van der Waals surface area contributed by atoms with Gasteiger partial charge in [-0.1, -0.05) is 0 Å². The Bertz CT molecular complexity index is 113. The topological polar surface area (TPSA) is 47.3 Å². The Hall–Kier alpha value is -0.120. The summed E-state index contributed by atoms with van der Waals surface area (Å²) in [5.74, 6) is 0. The minimum absolute atomic E-state index is 0.452. The summed E-state index contributed by atoms with van der Waals surface area (Å²) in [7, 11) is 1.72. The van der Waals surface area contributed by atoms with Crippen LogP contribution in [0.15, 0.2) is 0 Å². The maximum Gasteiger partial charge on any atom is 0.0587 e. The van der Waals surface area contributed by atoms with Gasteiger partial charge in [0.2, 0.25) is 0 Å². The molecule has 66 valence electrons. The molecule has 0 spiro atoms. The number of rotatable bonds is 6. The van der Waals surface area contributed by atoms with Crippen LogP contribution in [0.1, 0.15) is 12.8 Å². The van der Waals surface area contributed by atoms with Crippen LogP contribution in [0.4, 0.5) is 0 Å². The predicted molar refractivity (Wildman–Crippen MR) is 45.5 cm³/mol. The van der Waals surface area contributed by atoms with Crippen LogP contribution in [0.25, 0.3) is 0 Å². The fraction of sp³-hybridized carbons (Fsp3) is 1.00. The van der Waals surface area contributed by atoms with Crippen LogP contribution in [-0.2, 0) is 4.74 Å². The molecular formula is C8H18N2O. The van der Waals surface area contributed by atoms with Crippen LogP contribution in [-0.4, -0.2) is 33.4 Å². The van der Waals surface area contributed by atoms with Crippen molar-refractivity contribution in [2.45, 2.75) is 12.8 Å². The fourth-order valence-electron chi connectivity index (χ4n) is 1.16. The summed E-state index contributed by atoms with van der Waals surface area (Å²) in [6, 6.07) is 0. The smallest absolute Gasteiger partial charge is 0.0587 e. The van der Waals surface area contributed by atoms with Gasteiger partial charge in [0.25, 0.3) is 0 Å². The van der Waals surface area contributed by atoms with Crippen molar-refractivity contribution in [2.24, 2.45) is 11.1 Å². The summed E-state index contributed by atoms with van der Waals surface area (Å²) in [5, 5.41) is 3.34. The predicted octanol–water partition coefficient (Wildman–Crippen LogP) is -0.0387. The Labute approximate surface area is 68.3 Å². The summed E-state index contributed by atoms with van der Waals surface area (Å²) in [5.41, 5.74) is 6.06. The molecule has 0 radical (unpaired) electrons. The molecule has 3 N–H and O–H groups in total. The van der Waals surface area contributed by atoms with E-state index in [1.165, 1.54) is 12.8 Å². The fourth-order valence-corrected chi connectivity index (χ4v) is 1.16.